The van der Waals surface area contributed by atoms with E-state index in [0.717, 1.165) is 4.47 Å². The van der Waals surface area contributed by atoms with Crippen LogP contribution in [0.4, 0.5) is 0 Å². The van der Waals surface area contributed by atoms with Crippen molar-refractivity contribution < 1.29 is 4.79 Å². The van der Waals surface area contributed by atoms with Crippen molar-refractivity contribution in [3.8, 4) is 0 Å². The molecule has 4 nitrogen and oxygen atoms in total. The molecular weight excluding hydrogens is 318 g/mol. The molecular formula is C12H17BrClN3O. The van der Waals surface area contributed by atoms with E-state index in [-0.39, 0.29) is 24.4 Å². The highest BCUT2D eigenvalue weighted by Crippen LogP contribution is 2.34. The van der Waals surface area contributed by atoms with E-state index in [1.54, 1.807) is 17.2 Å². The van der Waals surface area contributed by atoms with Crippen molar-refractivity contribution in [1.29, 1.82) is 0 Å². The first-order chi connectivity index (χ1) is 8.13. The molecule has 1 aromatic rings. The highest BCUT2D eigenvalue weighted by atomic mass is 79.9. The summed E-state index contributed by atoms with van der Waals surface area (Å²) < 4.78 is 0.870. The molecule has 0 spiro atoms. The van der Waals surface area contributed by atoms with Crippen LogP contribution in [0.1, 0.15) is 23.3 Å². The van der Waals surface area contributed by atoms with Gasteiger partial charge in [-0.05, 0) is 46.8 Å². The number of rotatable bonds is 4. The summed E-state index contributed by atoms with van der Waals surface area (Å²) >= 11 is 3.30. The molecule has 1 aliphatic carbocycles. The van der Waals surface area contributed by atoms with Gasteiger partial charge in [0.1, 0.15) is 5.69 Å². The SMILES string of the molecule is CN(C(=O)c1ccc(Br)cn1)C(CN)C1CC1.Cl. The zero-order chi connectivity index (χ0) is 12.4. The van der Waals surface area contributed by atoms with Crippen LogP contribution in [0.25, 0.3) is 0 Å². The molecule has 1 aliphatic rings. The maximum atomic E-state index is 12.2. The Morgan fingerprint density at radius 2 is 2.28 bits per heavy atom. The van der Waals surface area contributed by atoms with Gasteiger partial charge in [-0.3, -0.25) is 4.79 Å². The standard InChI is InChI=1S/C12H16BrN3O.ClH/c1-16(11(6-14)8-2-3-8)12(17)10-5-4-9(13)7-15-10;/h4-5,7-8,11H,2-3,6,14H2,1H3;1H. The van der Waals surface area contributed by atoms with Crippen LogP contribution >= 0.6 is 28.3 Å². The van der Waals surface area contributed by atoms with Crippen LogP contribution in [0, 0.1) is 5.92 Å². The molecule has 0 aliphatic heterocycles. The number of hydrogen-bond acceptors (Lipinski definition) is 3. The molecule has 1 amide bonds. The lowest BCUT2D eigenvalue weighted by Gasteiger charge is -2.26. The van der Waals surface area contributed by atoms with Crippen molar-refractivity contribution in [1.82, 2.24) is 9.88 Å². The molecule has 1 unspecified atom stereocenters. The average molecular weight is 335 g/mol. The van der Waals surface area contributed by atoms with Gasteiger partial charge in [0, 0.05) is 30.3 Å². The van der Waals surface area contributed by atoms with Crippen molar-refractivity contribution in [2.24, 2.45) is 11.7 Å². The average Bonchev–Trinajstić information content (AvgIpc) is 3.14. The van der Waals surface area contributed by atoms with Gasteiger partial charge in [-0.1, -0.05) is 0 Å². The predicted molar refractivity (Wildman–Crippen MR) is 76.8 cm³/mol. The van der Waals surface area contributed by atoms with Crippen LogP contribution in [0.5, 0.6) is 0 Å². The van der Waals surface area contributed by atoms with Crippen LogP contribution in [0.3, 0.4) is 0 Å². The van der Waals surface area contributed by atoms with Crippen molar-refractivity contribution in [3.63, 3.8) is 0 Å². The Morgan fingerprint density at radius 1 is 1.61 bits per heavy atom. The molecule has 2 N–H and O–H groups in total. The number of nitrogens with two attached hydrogens (primary N) is 1. The topological polar surface area (TPSA) is 59.2 Å². The van der Waals surface area contributed by atoms with Crippen molar-refractivity contribution in [2.45, 2.75) is 18.9 Å². The lowest BCUT2D eigenvalue weighted by molar-refractivity contribution is 0.0712. The minimum Gasteiger partial charge on any atom is -0.336 e. The summed E-state index contributed by atoms with van der Waals surface area (Å²) in [5.74, 6) is 0.518. The maximum Gasteiger partial charge on any atom is 0.272 e. The quantitative estimate of drug-likeness (QED) is 0.917. The number of aromatic nitrogens is 1. The summed E-state index contributed by atoms with van der Waals surface area (Å²) in [6, 6.07) is 3.69. The van der Waals surface area contributed by atoms with Gasteiger partial charge < -0.3 is 10.6 Å². The summed E-state index contributed by atoms with van der Waals surface area (Å²) in [6.07, 6.45) is 3.98. The van der Waals surface area contributed by atoms with E-state index in [0.29, 0.717) is 18.2 Å². The van der Waals surface area contributed by atoms with Crippen LogP contribution in [0.2, 0.25) is 0 Å². The Labute approximate surface area is 121 Å². The zero-order valence-electron chi connectivity index (χ0n) is 10.2. The number of likely N-dealkylation sites (N-methyl/N-ethyl adjacent to an activating group) is 1. The highest BCUT2D eigenvalue weighted by Gasteiger charge is 2.35. The monoisotopic (exact) mass is 333 g/mol. The van der Waals surface area contributed by atoms with Crippen molar-refractivity contribution in [2.75, 3.05) is 13.6 Å². The molecule has 18 heavy (non-hydrogen) atoms. The Hall–Kier alpha value is -0.650. The summed E-state index contributed by atoms with van der Waals surface area (Å²) in [4.78, 5) is 18.0. The normalized spacial score (nSPS) is 15.7. The highest BCUT2D eigenvalue weighted by molar-refractivity contribution is 9.10. The fourth-order valence-corrected chi connectivity index (χ4v) is 2.22. The summed E-state index contributed by atoms with van der Waals surface area (Å²) in [5, 5.41) is 0. The molecule has 1 atom stereocenters. The Bertz CT molecular complexity index is 408. The van der Waals surface area contributed by atoms with Crippen LogP contribution in [0.15, 0.2) is 22.8 Å². The van der Waals surface area contributed by atoms with Gasteiger partial charge in [0.15, 0.2) is 0 Å². The fourth-order valence-electron chi connectivity index (χ4n) is 1.98. The molecule has 0 saturated heterocycles. The van der Waals surface area contributed by atoms with E-state index in [1.165, 1.54) is 12.8 Å². The van der Waals surface area contributed by atoms with Gasteiger partial charge in [0.05, 0.1) is 0 Å². The second kappa shape index (κ2) is 6.50. The first kappa shape index (κ1) is 15.4. The van der Waals surface area contributed by atoms with Gasteiger partial charge in [0.25, 0.3) is 5.91 Å². The number of pyridine rings is 1. The van der Waals surface area contributed by atoms with E-state index < -0.39 is 0 Å². The van der Waals surface area contributed by atoms with E-state index in [9.17, 15) is 4.79 Å². The third-order valence-electron chi connectivity index (χ3n) is 3.17. The predicted octanol–water partition coefficient (Wildman–Crippen LogP) is 2.08. The smallest absolute Gasteiger partial charge is 0.272 e. The van der Waals surface area contributed by atoms with Gasteiger partial charge >= 0.3 is 0 Å². The second-order valence-electron chi connectivity index (χ2n) is 4.42. The molecule has 6 heteroatoms. The van der Waals surface area contributed by atoms with Gasteiger partial charge in [-0.2, -0.15) is 0 Å². The first-order valence-electron chi connectivity index (χ1n) is 5.72. The fraction of sp³-hybridized carbons (Fsp3) is 0.500. The van der Waals surface area contributed by atoms with Gasteiger partial charge in [0.2, 0.25) is 0 Å². The number of amides is 1. The van der Waals surface area contributed by atoms with E-state index in [4.69, 9.17) is 5.73 Å². The Kier molecular flexibility index (Phi) is 5.56. The number of halogens is 2. The minimum atomic E-state index is -0.0557. The molecule has 0 bridgehead atoms. The zero-order valence-corrected chi connectivity index (χ0v) is 12.6. The first-order valence-corrected chi connectivity index (χ1v) is 6.51. The van der Waals surface area contributed by atoms with Crippen molar-refractivity contribution in [3.05, 3.63) is 28.5 Å². The summed E-state index contributed by atoms with van der Waals surface area (Å²) in [5.41, 5.74) is 6.20. The second-order valence-corrected chi connectivity index (χ2v) is 5.33. The van der Waals surface area contributed by atoms with E-state index >= 15 is 0 Å². The molecule has 1 heterocycles. The molecule has 1 fully saturated rings. The van der Waals surface area contributed by atoms with Gasteiger partial charge in [-0.25, -0.2) is 4.98 Å². The molecule has 1 saturated carbocycles. The summed E-state index contributed by atoms with van der Waals surface area (Å²) in [6.45, 7) is 0.517. The lowest BCUT2D eigenvalue weighted by atomic mass is 10.1. The van der Waals surface area contributed by atoms with Crippen LogP contribution in [-0.4, -0.2) is 35.4 Å². The van der Waals surface area contributed by atoms with Gasteiger partial charge in [-0.15, -0.1) is 12.4 Å². The molecule has 0 radical (unpaired) electrons. The van der Waals surface area contributed by atoms with Crippen LogP contribution in [-0.2, 0) is 0 Å². The van der Waals surface area contributed by atoms with E-state index in [1.807, 2.05) is 13.1 Å². The third-order valence-corrected chi connectivity index (χ3v) is 3.64. The van der Waals surface area contributed by atoms with Crippen molar-refractivity contribution >= 4 is 34.2 Å². The van der Waals surface area contributed by atoms with E-state index in [2.05, 4.69) is 20.9 Å². The minimum absolute atomic E-state index is 0. The number of nitrogens with zero attached hydrogens (tertiary/aromatic N) is 2. The third kappa shape index (κ3) is 3.43. The number of carbonyl (C=O) groups is 1. The Morgan fingerprint density at radius 3 is 2.72 bits per heavy atom. The molecule has 100 valence electrons. The number of hydrogen-bond donors (Lipinski definition) is 1. The molecule has 0 aromatic carbocycles. The lowest BCUT2D eigenvalue weighted by Crippen LogP contribution is -2.43. The van der Waals surface area contributed by atoms with Crippen LogP contribution < -0.4 is 5.73 Å². The largest absolute Gasteiger partial charge is 0.336 e. The molecule has 1 aromatic heterocycles. The Balaban J connectivity index is 0.00000162. The maximum absolute atomic E-state index is 12.2. The summed E-state index contributed by atoms with van der Waals surface area (Å²) in [7, 11) is 1.81. The number of carbonyl (C=O) groups excluding carboxylic acids is 1. The molecule has 2 rings (SSSR count).